The Balaban J connectivity index is 3.23. The maximum absolute atomic E-state index is 14.1. The number of benzene rings is 1. The van der Waals surface area contributed by atoms with Crippen LogP contribution in [0.15, 0.2) is 23.4 Å². The van der Waals surface area contributed by atoms with Crippen molar-refractivity contribution < 1.29 is 23.5 Å². The molecule has 1 rings (SSSR count). The van der Waals surface area contributed by atoms with Crippen LogP contribution in [0.5, 0.6) is 0 Å². The van der Waals surface area contributed by atoms with Crippen LogP contribution in [0.2, 0.25) is 0 Å². The molecule has 0 saturated carbocycles. The summed E-state index contributed by atoms with van der Waals surface area (Å²) in [5, 5.41) is 3.68. The summed E-state index contributed by atoms with van der Waals surface area (Å²) < 4.78 is 24.7. The van der Waals surface area contributed by atoms with Crippen LogP contribution in [0, 0.1) is 5.82 Å². The normalized spacial score (nSPS) is 12.2. The molecule has 0 aliphatic rings. The summed E-state index contributed by atoms with van der Waals surface area (Å²) in [6.07, 6.45) is 0. The number of oxime groups is 1. The highest BCUT2D eigenvalue weighted by atomic mass is 19.1. The van der Waals surface area contributed by atoms with Crippen LogP contribution in [-0.2, 0) is 25.7 Å². The van der Waals surface area contributed by atoms with Gasteiger partial charge in [-0.1, -0.05) is 17.3 Å². The van der Waals surface area contributed by atoms with E-state index >= 15 is 0 Å². The predicted molar refractivity (Wildman–Crippen MR) is 81.1 cm³/mol. The van der Waals surface area contributed by atoms with E-state index in [0.29, 0.717) is 5.56 Å². The maximum atomic E-state index is 14.1. The molecule has 5 nitrogen and oxygen atoms in total. The van der Waals surface area contributed by atoms with Crippen molar-refractivity contribution in [3.63, 3.8) is 0 Å². The van der Waals surface area contributed by atoms with Crippen molar-refractivity contribution in [3.8, 4) is 0 Å². The molecule has 0 bridgehead atoms. The topological polar surface area (TPSA) is 57.1 Å². The van der Waals surface area contributed by atoms with E-state index in [2.05, 4.69) is 5.16 Å². The number of carbonyl (C=O) groups excluding carboxylic acids is 1. The molecule has 0 heterocycles. The van der Waals surface area contributed by atoms with Crippen molar-refractivity contribution in [2.45, 2.75) is 39.9 Å². The van der Waals surface area contributed by atoms with Crippen LogP contribution in [0.25, 0.3) is 0 Å². The highest BCUT2D eigenvalue weighted by Crippen LogP contribution is 2.20. The summed E-state index contributed by atoms with van der Waals surface area (Å²) in [5.74, 6) is -1.15. The smallest absolute Gasteiger partial charge is 0.361 e. The van der Waals surface area contributed by atoms with Crippen LogP contribution >= 0.6 is 0 Å². The number of carbonyl (C=O) groups is 1. The van der Waals surface area contributed by atoms with Crippen LogP contribution in [0.4, 0.5) is 4.39 Å². The van der Waals surface area contributed by atoms with Crippen LogP contribution in [-0.4, -0.2) is 31.0 Å². The second-order valence-electron chi connectivity index (χ2n) is 5.51. The van der Waals surface area contributed by atoms with E-state index < -0.39 is 17.4 Å². The van der Waals surface area contributed by atoms with Gasteiger partial charge in [-0.05, 0) is 33.8 Å². The third-order valence-corrected chi connectivity index (χ3v) is 2.67. The molecule has 22 heavy (non-hydrogen) atoms. The van der Waals surface area contributed by atoms with E-state index in [1.807, 2.05) is 20.8 Å². The molecule has 1 aromatic carbocycles. The number of halogens is 1. The molecule has 0 aliphatic carbocycles. The Morgan fingerprint density at radius 1 is 1.32 bits per heavy atom. The molecule has 0 amide bonds. The molecule has 0 atom stereocenters. The van der Waals surface area contributed by atoms with Gasteiger partial charge in [0, 0.05) is 11.1 Å². The molecule has 0 unspecified atom stereocenters. The van der Waals surface area contributed by atoms with Crippen molar-refractivity contribution in [1.29, 1.82) is 0 Å². The molecular weight excluding hydrogens is 289 g/mol. The van der Waals surface area contributed by atoms with Gasteiger partial charge in [-0.25, -0.2) is 9.18 Å². The summed E-state index contributed by atoms with van der Waals surface area (Å²) in [6.45, 7) is 7.46. The van der Waals surface area contributed by atoms with Crippen molar-refractivity contribution in [3.05, 3.63) is 35.1 Å². The average molecular weight is 311 g/mol. The van der Waals surface area contributed by atoms with Gasteiger partial charge in [0.25, 0.3) is 0 Å². The Kier molecular flexibility index (Phi) is 6.49. The minimum atomic E-state index is -0.674. The Hall–Kier alpha value is -1.95. The van der Waals surface area contributed by atoms with Gasteiger partial charge < -0.3 is 14.3 Å². The Morgan fingerprint density at radius 2 is 2.00 bits per heavy atom. The SMILES string of the molecule is CCOC(=O)C(=NOC)c1cccc(F)c1COC(C)(C)C. The number of nitrogens with zero attached hydrogens (tertiary/aromatic N) is 1. The van der Waals surface area contributed by atoms with Crippen LogP contribution in [0.3, 0.4) is 0 Å². The van der Waals surface area contributed by atoms with Gasteiger partial charge in [0.2, 0.25) is 0 Å². The molecule has 0 saturated heterocycles. The van der Waals surface area contributed by atoms with E-state index in [0.717, 1.165) is 0 Å². The summed E-state index contributed by atoms with van der Waals surface area (Å²) in [4.78, 5) is 16.7. The molecule has 0 radical (unpaired) electrons. The minimum Gasteiger partial charge on any atom is -0.461 e. The summed E-state index contributed by atoms with van der Waals surface area (Å²) >= 11 is 0. The van der Waals surface area contributed by atoms with Gasteiger partial charge in [-0.15, -0.1) is 0 Å². The van der Waals surface area contributed by atoms with Crippen molar-refractivity contribution >= 4 is 11.7 Å². The number of hydrogen-bond donors (Lipinski definition) is 0. The molecule has 6 heteroatoms. The van der Waals surface area contributed by atoms with Gasteiger partial charge in [0.1, 0.15) is 12.9 Å². The fourth-order valence-corrected chi connectivity index (χ4v) is 1.70. The van der Waals surface area contributed by atoms with Gasteiger partial charge in [0.15, 0.2) is 5.71 Å². The lowest BCUT2D eigenvalue weighted by molar-refractivity contribution is -0.135. The van der Waals surface area contributed by atoms with Crippen LogP contribution in [0.1, 0.15) is 38.8 Å². The predicted octanol–water partition coefficient (Wildman–Crippen LogP) is 3.05. The molecule has 0 aromatic heterocycles. The standard InChI is InChI=1S/C16H22FNO4/c1-6-21-15(19)14(18-20-5)11-8-7-9-13(17)12(11)10-22-16(2,3)4/h7-9H,6,10H2,1-5H3. The zero-order valence-corrected chi connectivity index (χ0v) is 13.6. The van der Waals surface area contributed by atoms with Gasteiger partial charge >= 0.3 is 5.97 Å². The summed E-state index contributed by atoms with van der Waals surface area (Å²) in [7, 11) is 1.31. The first-order valence-electron chi connectivity index (χ1n) is 7.00. The van der Waals surface area contributed by atoms with E-state index in [9.17, 15) is 9.18 Å². The average Bonchev–Trinajstić information content (AvgIpc) is 2.42. The van der Waals surface area contributed by atoms with Crippen molar-refractivity contribution in [2.24, 2.45) is 5.16 Å². The lowest BCUT2D eigenvalue weighted by atomic mass is 10.0. The first kappa shape index (κ1) is 18.1. The molecule has 0 aliphatic heterocycles. The van der Waals surface area contributed by atoms with Gasteiger partial charge in [0.05, 0.1) is 18.8 Å². The summed E-state index contributed by atoms with van der Waals surface area (Å²) in [5.41, 5.74) is 0.00405. The molecule has 0 N–H and O–H groups in total. The molecule has 0 fully saturated rings. The molecule has 0 spiro atoms. The second kappa shape index (κ2) is 7.89. The quantitative estimate of drug-likeness (QED) is 0.460. The van der Waals surface area contributed by atoms with E-state index in [1.54, 1.807) is 13.0 Å². The Morgan fingerprint density at radius 3 is 2.55 bits per heavy atom. The highest BCUT2D eigenvalue weighted by Gasteiger charge is 2.23. The molecular formula is C16H22FNO4. The molecule has 122 valence electrons. The zero-order valence-electron chi connectivity index (χ0n) is 13.6. The van der Waals surface area contributed by atoms with Gasteiger partial charge in [-0.2, -0.15) is 0 Å². The van der Waals surface area contributed by atoms with E-state index in [4.69, 9.17) is 14.3 Å². The van der Waals surface area contributed by atoms with Gasteiger partial charge in [-0.3, -0.25) is 0 Å². The first-order chi connectivity index (χ1) is 10.3. The van der Waals surface area contributed by atoms with Crippen molar-refractivity contribution in [2.75, 3.05) is 13.7 Å². The van der Waals surface area contributed by atoms with Crippen molar-refractivity contribution in [1.82, 2.24) is 0 Å². The Labute approximate surface area is 130 Å². The number of hydrogen-bond acceptors (Lipinski definition) is 5. The molecule has 1 aromatic rings. The lowest BCUT2D eigenvalue weighted by Gasteiger charge is -2.21. The largest absolute Gasteiger partial charge is 0.461 e. The maximum Gasteiger partial charge on any atom is 0.361 e. The monoisotopic (exact) mass is 311 g/mol. The number of rotatable bonds is 6. The second-order valence-corrected chi connectivity index (χ2v) is 5.51. The minimum absolute atomic E-state index is 0.00759. The number of ether oxygens (including phenoxy) is 2. The first-order valence-corrected chi connectivity index (χ1v) is 7.00. The van der Waals surface area contributed by atoms with E-state index in [1.165, 1.54) is 19.2 Å². The number of esters is 1. The summed E-state index contributed by atoms with van der Waals surface area (Å²) in [6, 6.07) is 4.38. The Bertz CT molecular complexity index is 550. The third kappa shape index (κ3) is 5.11. The van der Waals surface area contributed by atoms with E-state index in [-0.39, 0.29) is 24.5 Å². The highest BCUT2D eigenvalue weighted by molar-refractivity contribution is 6.43. The lowest BCUT2D eigenvalue weighted by Crippen LogP contribution is -2.24. The fraction of sp³-hybridized carbons (Fsp3) is 0.500. The van der Waals surface area contributed by atoms with Crippen LogP contribution < -0.4 is 0 Å². The third-order valence-electron chi connectivity index (χ3n) is 2.67. The fourth-order valence-electron chi connectivity index (χ4n) is 1.70. The zero-order chi connectivity index (χ0) is 16.8.